The second kappa shape index (κ2) is 6.21. The van der Waals surface area contributed by atoms with Gasteiger partial charge in [-0.2, -0.15) is 0 Å². The van der Waals surface area contributed by atoms with E-state index >= 15 is 0 Å². The number of hydrogen-bond donors (Lipinski definition) is 0. The van der Waals surface area contributed by atoms with Crippen LogP contribution < -0.4 is 4.74 Å². The standard InChI is InChI=1S/C15H20N2O5/c1-15(2,3)22-14(18)16-8-7-13(10-16)21-12-6-4-5-11(9-12)17(19)20/h4-6,9,13H,7-8,10H2,1-3H3. The molecule has 7 heteroatoms. The van der Waals surface area contributed by atoms with Gasteiger partial charge in [-0.15, -0.1) is 0 Å². The predicted molar refractivity (Wildman–Crippen MR) is 79.9 cm³/mol. The number of benzene rings is 1. The third-order valence-electron chi connectivity index (χ3n) is 3.13. The van der Waals surface area contributed by atoms with Crippen LogP contribution in [0.15, 0.2) is 24.3 Å². The van der Waals surface area contributed by atoms with Gasteiger partial charge in [-0.1, -0.05) is 6.07 Å². The molecule has 1 atom stereocenters. The summed E-state index contributed by atoms with van der Waals surface area (Å²) >= 11 is 0. The third-order valence-corrected chi connectivity index (χ3v) is 3.13. The summed E-state index contributed by atoms with van der Waals surface area (Å²) in [5.74, 6) is 0.435. The number of nitro benzene ring substituents is 1. The summed E-state index contributed by atoms with van der Waals surface area (Å²) in [5, 5.41) is 10.7. The first-order chi connectivity index (χ1) is 10.2. The van der Waals surface area contributed by atoms with Crippen molar-refractivity contribution in [1.29, 1.82) is 0 Å². The van der Waals surface area contributed by atoms with Gasteiger partial charge >= 0.3 is 6.09 Å². The number of non-ortho nitro benzene ring substituents is 1. The highest BCUT2D eigenvalue weighted by Gasteiger charge is 2.31. The minimum Gasteiger partial charge on any atom is -0.488 e. The first kappa shape index (κ1) is 16.1. The first-order valence-electron chi connectivity index (χ1n) is 7.13. The van der Waals surface area contributed by atoms with E-state index in [1.807, 2.05) is 20.8 Å². The lowest BCUT2D eigenvalue weighted by molar-refractivity contribution is -0.384. The van der Waals surface area contributed by atoms with Gasteiger partial charge in [0.1, 0.15) is 17.5 Å². The zero-order valence-electron chi connectivity index (χ0n) is 12.9. The second-order valence-electron chi connectivity index (χ2n) is 6.21. The van der Waals surface area contributed by atoms with Crippen molar-refractivity contribution in [2.24, 2.45) is 0 Å². The third kappa shape index (κ3) is 4.34. The Morgan fingerprint density at radius 2 is 2.14 bits per heavy atom. The minimum atomic E-state index is -0.532. The van der Waals surface area contributed by atoms with E-state index < -0.39 is 10.5 Å². The molecule has 0 bridgehead atoms. The molecule has 1 fully saturated rings. The smallest absolute Gasteiger partial charge is 0.410 e. The molecule has 1 amide bonds. The van der Waals surface area contributed by atoms with Crippen molar-refractivity contribution >= 4 is 11.8 Å². The van der Waals surface area contributed by atoms with Gasteiger partial charge in [-0.3, -0.25) is 10.1 Å². The van der Waals surface area contributed by atoms with Crippen LogP contribution in [0.1, 0.15) is 27.2 Å². The summed E-state index contributed by atoms with van der Waals surface area (Å²) in [6, 6.07) is 6.04. The van der Waals surface area contributed by atoms with Crippen LogP contribution in [0, 0.1) is 10.1 Å². The molecular formula is C15H20N2O5. The molecule has 7 nitrogen and oxygen atoms in total. The van der Waals surface area contributed by atoms with Gasteiger partial charge in [0.2, 0.25) is 0 Å². The minimum absolute atomic E-state index is 0.0144. The largest absolute Gasteiger partial charge is 0.488 e. The SMILES string of the molecule is CC(C)(C)OC(=O)N1CCC(Oc2cccc([N+](=O)[O-])c2)C1. The molecule has 2 rings (SSSR count). The number of carbonyl (C=O) groups excluding carboxylic acids is 1. The van der Waals surface area contributed by atoms with Crippen molar-refractivity contribution in [3.8, 4) is 5.75 Å². The molecule has 0 aromatic heterocycles. The average Bonchev–Trinajstić information content (AvgIpc) is 2.85. The molecule has 1 aliphatic heterocycles. The zero-order chi connectivity index (χ0) is 16.3. The quantitative estimate of drug-likeness (QED) is 0.633. The molecule has 0 saturated carbocycles. The van der Waals surface area contributed by atoms with E-state index in [9.17, 15) is 14.9 Å². The molecule has 1 unspecified atom stereocenters. The van der Waals surface area contributed by atoms with Crippen molar-refractivity contribution in [1.82, 2.24) is 4.90 Å². The fourth-order valence-corrected chi connectivity index (χ4v) is 2.18. The number of ether oxygens (including phenoxy) is 2. The lowest BCUT2D eigenvalue weighted by Gasteiger charge is -2.24. The van der Waals surface area contributed by atoms with Gasteiger partial charge in [0.25, 0.3) is 5.69 Å². The van der Waals surface area contributed by atoms with E-state index in [1.54, 1.807) is 17.0 Å². The van der Waals surface area contributed by atoms with Gasteiger partial charge in [0.15, 0.2) is 0 Å². The number of carbonyl (C=O) groups is 1. The first-order valence-corrected chi connectivity index (χ1v) is 7.13. The maximum Gasteiger partial charge on any atom is 0.410 e. The highest BCUT2D eigenvalue weighted by molar-refractivity contribution is 5.68. The molecule has 0 spiro atoms. The van der Waals surface area contributed by atoms with E-state index in [2.05, 4.69) is 0 Å². The van der Waals surface area contributed by atoms with Crippen molar-refractivity contribution in [3.63, 3.8) is 0 Å². The van der Waals surface area contributed by atoms with Crippen LogP contribution in [0.2, 0.25) is 0 Å². The van der Waals surface area contributed by atoms with E-state index in [-0.39, 0.29) is 17.9 Å². The number of amides is 1. The maximum absolute atomic E-state index is 12.0. The molecule has 0 aliphatic carbocycles. The van der Waals surface area contributed by atoms with Crippen molar-refractivity contribution < 1.29 is 19.2 Å². The Kier molecular flexibility index (Phi) is 4.54. The molecule has 0 N–H and O–H groups in total. The summed E-state index contributed by atoms with van der Waals surface area (Å²) in [4.78, 5) is 23.8. The van der Waals surface area contributed by atoms with Crippen LogP contribution in [0.5, 0.6) is 5.75 Å². The van der Waals surface area contributed by atoms with Crippen LogP contribution in [0.25, 0.3) is 0 Å². The number of rotatable bonds is 3. The van der Waals surface area contributed by atoms with Crippen LogP contribution >= 0.6 is 0 Å². The van der Waals surface area contributed by atoms with Crippen molar-refractivity contribution in [3.05, 3.63) is 34.4 Å². The highest BCUT2D eigenvalue weighted by Crippen LogP contribution is 2.23. The topological polar surface area (TPSA) is 81.9 Å². The Labute approximate surface area is 129 Å². The summed E-state index contributed by atoms with van der Waals surface area (Å²) in [6.45, 7) is 6.42. The average molecular weight is 308 g/mol. The molecular weight excluding hydrogens is 288 g/mol. The van der Waals surface area contributed by atoms with Crippen LogP contribution in [0.3, 0.4) is 0 Å². The lowest BCUT2D eigenvalue weighted by atomic mass is 10.2. The monoisotopic (exact) mass is 308 g/mol. The molecule has 1 aromatic rings. The molecule has 120 valence electrons. The number of hydrogen-bond acceptors (Lipinski definition) is 5. The molecule has 1 aromatic carbocycles. The van der Waals surface area contributed by atoms with Crippen LogP contribution in [-0.2, 0) is 4.74 Å². The predicted octanol–water partition coefficient (Wildman–Crippen LogP) is 2.98. The van der Waals surface area contributed by atoms with E-state index in [0.717, 1.165) is 0 Å². The van der Waals surface area contributed by atoms with E-state index in [1.165, 1.54) is 12.1 Å². The Bertz CT molecular complexity index is 567. The fourth-order valence-electron chi connectivity index (χ4n) is 2.18. The Morgan fingerprint density at radius 3 is 2.77 bits per heavy atom. The van der Waals surface area contributed by atoms with Crippen molar-refractivity contribution in [2.45, 2.75) is 38.9 Å². The summed E-state index contributed by atoms with van der Waals surface area (Å²) in [7, 11) is 0. The Hall–Kier alpha value is -2.31. The van der Waals surface area contributed by atoms with Crippen molar-refractivity contribution in [2.75, 3.05) is 13.1 Å². The van der Waals surface area contributed by atoms with Gasteiger partial charge in [0, 0.05) is 19.0 Å². The fraction of sp³-hybridized carbons (Fsp3) is 0.533. The van der Waals surface area contributed by atoms with Gasteiger partial charge in [-0.05, 0) is 26.8 Å². The summed E-state index contributed by atoms with van der Waals surface area (Å²) in [5.41, 5.74) is -0.546. The van der Waals surface area contributed by atoms with E-state index in [4.69, 9.17) is 9.47 Å². The van der Waals surface area contributed by atoms with Crippen LogP contribution in [-0.4, -0.2) is 40.7 Å². The Morgan fingerprint density at radius 1 is 1.41 bits per heavy atom. The molecule has 0 radical (unpaired) electrons. The number of nitro groups is 1. The molecule has 1 heterocycles. The molecule has 1 saturated heterocycles. The number of likely N-dealkylation sites (tertiary alicyclic amines) is 1. The maximum atomic E-state index is 12.0. The molecule has 1 aliphatic rings. The summed E-state index contributed by atoms with van der Waals surface area (Å²) < 4.78 is 11.0. The second-order valence-corrected chi connectivity index (χ2v) is 6.21. The van der Waals surface area contributed by atoms with E-state index in [0.29, 0.717) is 25.3 Å². The Balaban J connectivity index is 1.92. The zero-order valence-corrected chi connectivity index (χ0v) is 12.9. The molecule has 22 heavy (non-hydrogen) atoms. The lowest BCUT2D eigenvalue weighted by Crippen LogP contribution is -2.36. The normalized spacial score (nSPS) is 18.1. The highest BCUT2D eigenvalue weighted by atomic mass is 16.6. The number of nitrogens with zero attached hydrogens (tertiary/aromatic N) is 2. The summed E-state index contributed by atoms with van der Waals surface area (Å²) in [6.07, 6.45) is 0.120. The van der Waals surface area contributed by atoms with Gasteiger partial charge < -0.3 is 14.4 Å². The van der Waals surface area contributed by atoms with Crippen LogP contribution in [0.4, 0.5) is 10.5 Å². The van der Waals surface area contributed by atoms with Gasteiger partial charge in [0.05, 0.1) is 17.5 Å². The van der Waals surface area contributed by atoms with Gasteiger partial charge in [-0.25, -0.2) is 4.79 Å².